The van der Waals surface area contributed by atoms with Gasteiger partial charge in [0.05, 0.1) is 0 Å². The molecule has 0 N–H and O–H groups in total. The van der Waals surface area contributed by atoms with Gasteiger partial charge >= 0.3 is 152 Å². The zero-order chi connectivity index (χ0) is 12.7. The quantitative estimate of drug-likeness (QED) is 0.135. The first-order chi connectivity index (χ1) is 7.82. The van der Waals surface area contributed by atoms with Crippen molar-refractivity contribution in [2.75, 3.05) is 0 Å². The fraction of sp³-hybridized carbons (Fsp3) is 0. The van der Waals surface area contributed by atoms with Crippen LogP contribution in [0.5, 0.6) is 0 Å². The van der Waals surface area contributed by atoms with E-state index < -0.39 is 35.6 Å². The van der Waals surface area contributed by atoms with Crippen LogP contribution in [0.4, 0.5) is 0 Å². The summed E-state index contributed by atoms with van der Waals surface area (Å²) in [4.78, 5) is 11.3. The third-order valence-electron chi connectivity index (χ3n) is 1.71. The van der Waals surface area contributed by atoms with Gasteiger partial charge in [-0.2, -0.15) is 0 Å². The SMILES string of the molecule is O=C1OI(=O)(OOS(=O)(=O)[O-])c2ccccc21.[K+]. The zero-order valence-corrected chi connectivity index (χ0v) is 15.0. The summed E-state index contributed by atoms with van der Waals surface area (Å²) in [5, 5.41) is 0. The van der Waals surface area contributed by atoms with E-state index in [-0.39, 0.29) is 60.5 Å². The van der Waals surface area contributed by atoms with Gasteiger partial charge in [0, 0.05) is 0 Å². The minimum atomic E-state index is -5.19. The summed E-state index contributed by atoms with van der Waals surface area (Å²) in [5.74, 6) is -0.918. The molecule has 8 nitrogen and oxygen atoms in total. The van der Waals surface area contributed by atoms with Crippen LogP contribution < -0.4 is 51.4 Å². The van der Waals surface area contributed by atoms with E-state index in [0.717, 1.165) is 0 Å². The molecule has 0 aliphatic carbocycles. The predicted octanol–water partition coefficient (Wildman–Crippen LogP) is -2.34. The second-order valence-electron chi connectivity index (χ2n) is 2.80. The Labute approximate surface area is 149 Å². The van der Waals surface area contributed by atoms with E-state index in [4.69, 9.17) is 0 Å². The summed E-state index contributed by atoms with van der Waals surface area (Å²) in [6.07, 6.45) is 0. The number of fused-ring (bicyclic) bond motifs is 1. The molecule has 18 heavy (non-hydrogen) atoms. The zero-order valence-electron chi connectivity index (χ0n) is 8.86. The molecule has 0 saturated carbocycles. The van der Waals surface area contributed by atoms with Gasteiger partial charge in [-0.05, 0) is 0 Å². The standard InChI is InChI=1S/C7H5IO8S.K/c9-7-5-3-1-2-4-6(5)8(10,14-7)15-16-17(11,12)13;/h1-4H,(H,11,12,13);/q;+1/p-1. The van der Waals surface area contributed by atoms with E-state index in [1.54, 1.807) is 0 Å². The fourth-order valence-corrected chi connectivity index (χ4v) is 5.39. The molecule has 1 heterocycles. The summed E-state index contributed by atoms with van der Waals surface area (Å²) in [7, 11) is -5.19. The summed E-state index contributed by atoms with van der Waals surface area (Å²) in [6.45, 7) is 0. The molecular weight excluding hydrogens is 410 g/mol. The van der Waals surface area contributed by atoms with Crippen LogP contribution in [0.2, 0.25) is 0 Å². The Hall–Kier alpha value is 0.686. The molecule has 0 aromatic heterocycles. The first-order valence-corrected chi connectivity index (χ1v) is 9.03. The van der Waals surface area contributed by atoms with Crippen LogP contribution in [0.15, 0.2) is 24.3 Å². The van der Waals surface area contributed by atoms with E-state index >= 15 is 0 Å². The molecule has 1 aliphatic rings. The van der Waals surface area contributed by atoms with Crippen molar-refractivity contribution < 1.29 is 82.8 Å². The molecule has 1 unspecified atom stereocenters. The molecule has 0 amide bonds. The number of carbonyl (C=O) groups excluding carboxylic acids is 1. The molecule has 1 aliphatic heterocycles. The van der Waals surface area contributed by atoms with Gasteiger partial charge in [-0.1, -0.05) is 0 Å². The maximum absolute atomic E-state index is 12.0. The molecule has 0 bridgehead atoms. The average Bonchev–Trinajstić information content (AvgIpc) is 2.50. The molecule has 0 saturated heterocycles. The van der Waals surface area contributed by atoms with Crippen LogP contribution in [-0.4, -0.2) is 18.9 Å². The number of rotatable bonds is 3. The van der Waals surface area contributed by atoms with E-state index in [1.807, 2.05) is 0 Å². The number of benzene rings is 1. The van der Waals surface area contributed by atoms with Crippen molar-refractivity contribution in [1.29, 1.82) is 0 Å². The Morgan fingerprint density at radius 1 is 1.28 bits per heavy atom. The Morgan fingerprint density at radius 3 is 2.50 bits per heavy atom. The molecule has 2 rings (SSSR count). The van der Waals surface area contributed by atoms with Crippen molar-refractivity contribution in [3.05, 3.63) is 33.4 Å². The van der Waals surface area contributed by atoms with Crippen molar-refractivity contribution in [3.8, 4) is 0 Å². The third kappa shape index (κ3) is 3.62. The van der Waals surface area contributed by atoms with Crippen LogP contribution in [0.1, 0.15) is 10.4 Å². The molecule has 94 valence electrons. The predicted molar refractivity (Wildman–Crippen MR) is 57.1 cm³/mol. The molecule has 1 aromatic carbocycles. The summed E-state index contributed by atoms with van der Waals surface area (Å²) >= 11 is -5.05. The maximum atomic E-state index is 12.0. The molecule has 11 heteroatoms. The maximum Gasteiger partial charge on any atom is 1.00 e. The van der Waals surface area contributed by atoms with E-state index in [1.165, 1.54) is 24.3 Å². The normalized spacial score (nSPS) is 25.5. The van der Waals surface area contributed by atoms with Crippen LogP contribution >= 0.6 is 19.3 Å². The summed E-state index contributed by atoms with van der Waals surface area (Å²) in [5.41, 5.74) is -0.00852. The second-order valence-corrected chi connectivity index (χ2v) is 8.12. The van der Waals surface area contributed by atoms with Crippen molar-refractivity contribution in [2.45, 2.75) is 0 Å². The Kier molecular flexibility index (Phi) is 5.57. The molecule has 1 atom stereocenters. The van der Waals surface area contributed by atoms with E-state index in [9.17, 15) is 20.8 Å². The average molecular weight is 414 g/mol. The Bertz CT molecular complexity index is 626. The van der Waals surface area contributed by atoms with E-state index in [2.05, 4.69) is 10.6 Å². The molecule has 0 radical (unpaired) electrons. The van der Waals surface area contributed by atoms with Crippen LogP contribution in [0.25, 0.3) is 0 Å². The van der Waals surface area contributed by atoms with Gasteiger partial charge in [-0.3, -0.25) is 0 Å². The number of hydrogen-bond donors (Lipinski definition) is 0. The van der Waals surface area contributed by atoms with Gasteiger partial charge in [0.1, 0.15) is 0 Å². The largest absolute Gasteiger partial charge is 1.00 e. The van der Waals surface area contributed by atoms with Gasteiger partial charge in [0.25, 0.3) is 0 Å². The first-order valence-electron chi connectivity index (χ1n) is 3.97. The first kappa shape index (κ1) is 16.7. The van der Waals surface area contributed by atoms with Crippen molar-refractivity contribution in [2.24, 2.45) is 0 Å². The summed E-state index contributed by atoms with van der Waals surface area (Å²) < 4.78 is 54.3. The van der Waals surface area contributed by atoms with Gasteiger partial charge in [-0.15, -0.1) is 0 Å². The molecule has 0 fully saturated rings. The smallest absolute Gasteiger partial charge is 1.00 e. The minimum absolute atomic E-state index is 0. The molecular formula is C7H4IKO8S. The number of carbonyl (C=O) groups is 1. The van der Waals surface area contributed by atoms with Gasteiger partial charge < -0.3 is 0 Å². The van der Waals surface area contributed by atoms with Crippen LogP contribution in [0, 0.1) is 3.57 Å². The number of halogens is 1. The van der Waals surface area contributed by atoms with Gasteiger partial charge in [-0.25, -0.2) is 0 Å². The van der Waals surface area contributed by atoms with Crippen molar-refractivity contribution in [1.82, 2.24) is 0 Å². The Balaban J connectivity index is 0.00000162. The van der Waals surface area contributed by atoms with Crippen molar-refractivity contribution in [3.63, 3.8) is 0 Å². The summed E-state index contributed by atoms with van der Waals surface area (Å²) in [6, 6.07) is 5.55. The number of hydrogen-bond acceptors (Lipinski definition) is 8. The van der Waals surface area contributed by atoms with Crippen LogP contribution in [0.3, 0.4) is 0 Å². The minimum Gasteiger partial charge on any atom is 1.00 e. The topological polar surface area (TPSA) is 119 Å². The molecule has 0 spiro atoms. The monoisotopic (exact) mass is 414 g/mol. The van der Waals surface area contributed by atoms with Gasteiger partial charge in [0.15, 0.2) is 0 Å². The van der Waals surface area contributed by atoms with Crippen LogP contribution in [-0.2, 0) is 24.1 Å². The Morgan fingerprint density at radius 2 is 1.89 bits per heavy atom. The van der Waals surface area contributed by atoms with Gasteiger partial charge in [0.2, 0.25) is 0 Å². The van der Waals surface area contributed by atoms with E-state index in [0.29, 0.717) is 0 Å². The fourth-order valence-electron chi connectivity index (χ4n) is 1.12. The third-order valence-corrected chi connectivity index (χ3v) is 6.18. The van der Waals surface area contributed by atoms with Crippen molar-refractivity contribution >= 4 is 35.6 Å². The second kappa shape index (κ2) is 5.98. The molecule has 1 aromatic rings.